The van der Waals surface area contributed by atoms with Crippen LogP contribution in [-0.2, 0) is 30.2 Å². The van der Waals surface area contributed by atoms with Gasteiger partial charge in [0.05, 0.1) is 22.8 Å². The first-order chi connectivity index (χ1) is 7.84. The van der Waals surface area contributed by atoms with Crippen molar-refractivity contribution in [3.05, 3.63) is 24.3 Å². The molecule has 0 aliphatic rings. The maximum atomic E-state index is 11.6. The molecule has 0 N–H and O–H groups in total. The third kappa shape index (κ3) is 3.94. The minimum Gasteiger partial charge on any atom is -0.468 e. The standard InChI is InChI=1S/C10H12O5S2/c1-15-10(11)7-16(12)8-3-5-9(6-4-8)17(2,13)14/h3-6H,7H2,1-2H3. The number of rotatable bonds is 4. The molecule has 0 aliphatic carbocycles. The summed E-state index contributed by atoms with van der Waals surface area (Å²) < 4.78 is 38.4. The van der Waals surface area contributed by atoms with Crippen LogP contribution in [0.15, 0.2) is 34.1 Å². The first-order valence-electron chi connectivity index (χ1n) is 4.60. The zero-order chi connectivity index (χ0) is 13.1. The van der Waals surface area contributed by atoms with Crippen LogP contribution in [0.1, 0.15) is 0 Å². The Kier molecular flexibility index (Phi) is 4.41. The Morgan fingerprint density at radius 3 is 2.24 bits per heavy atom. The van der Waals surface area contributed by atoms with Crippen molar-refractivity contribution >= 4 is 26.6 Å². The van der Waals surface area contributed by atoms with Crippen molar-refractivity contribution < 1.29 is 22.2 Å². The summed E-state index contributed by atoms with van der Waals surface area (Å²) in [5.41, 5.74) is 0. The van der Waals surface area contributed by atoms with E-state index in [1.807, 2.05) is 0 Å². The minimum atomic E-state index is -3.26. The van der Waals surface area contributed by atoms with Gasteiger partial charge in [-0.05, 0) is 24.3 Å². The first kappa shape index (κ1) is 13.9. The molecule has 0 fully saturated rings. The number of esters is 1. The van der Waals surface area contributed by atoms with Crippen LogP contribution in [0.3, 0.4) is 0 Å². The highest BCUT2D eigenvalue weighted by atomic mass is 32.2. The van der Waals surface area contributed by atoms with Crippen molar-refractivity contribution in [2.45, 2.75) is 9.79 Å². The second kappa shape index (κ2) is 5.42. The van der Waals surface area contributed by atoms with Gasteiger partial charge >= 0.3 is 5.97 Å². The third-order valence-corrected chi connectivity index (χ3v) is 4.42. The van der Waals surface area contributed by atoms with Crippen LogP contribution >= 0.6 is 0 Å². The molecule has 1 unspecified atom stereocenters. The number of carbonyl (C=O) groups excluding carboxylic acids is 1. The van der Waals surface area contributed by atoms with Gasteiger partial charge in [0.25, 0.3) is 0 Å². The summed E-state index contributed by atoms with van der Waals surface area (Å²) in [5.74, 6) is -0.815. The zero-order valence-corrected chi connectivity index (χ0v) is 11.0. The van der Waals surface area contributed by atoms with Gasteiger partial charge in [-0.3, -0.25) is 9.00 Å². The number of ether oxygens (including phenoxy) is 1. The summed E-state index contributed by atoms with van der Waals surface area (Å²) >= 11 is 0. The predicted octanol–water partition coefficient (Wildman–Crippen LogP) is 0.371. The van der Waals surface area contributed by atoms with Crippen molar-refractivity contribution in [1.82, 2.24) is 0 Å². The molecule has 0 aromatic heterocycles. The fourth-order valence-corrected chi connectivity index (χ4v) is 2.66. The van der Waals surface area contributed by atoms with Crippen molar-refractivity contribution in [3.63, 3.8) is 0 Å². The molecule has 0 bridgehead atoms. The van der Waals surface area contributed by atoms with E-state index in [4.69, 9.17) is 0 Å². The Balaban J connectivity index is 2.88. The van der Waals surface area contributed by atoms with E-state index >= 15 is 0 Å². The Hall–Kier alpha value is -1.21. The lowest BCUT2D eigenvalue weighted by Crippen LogP contribution is -2.12. The highest BCUT2D eigenvalue weighted by Crippen LogP contribution is 2.13. The van der Waals surface area contributed by atoms with Gasteiger partial charge in [-0.15, -0.1) is 0 Å². The lowest BCUT2D eigenvalue weighted by atomic mass is 10.4. The topological polar surface area (TPSA) is 77.5 Å². The lowest BCUT2D eigenvalue weighted by Gasteiger charge is -2.02. The van der Waals surface area contributed by atoms with Crippen LogP contribution in [0.2, 0.25) is 0 Å². The van der Waals surface area contributed by atoms with Gasteiger partial charge in [-0.1, -0.05) is 0 Å². The molecule has 94 valence electrons. The van der Waals surface area contributed by atoms with Crippen LogP contribution in [0, 0.1) is 0 Å². The molecule has 0 heterocycles. The Labute approximate surface area is 102 Å². The van der Waals surface area contributed by atoms with Crippen molar-refractivity contribution in [1.29, 1.82) is 0 Å². The molecule has 5 nitrogen and oxygen atoms in total. The summed E-state index contributed by atoms with van der Waals surface area (Å²) in [5, 5.41) is 0. The van der Waals surface area contributed by atoms with Crippen LogP contribution in [0.5, 0.6) is 0 Å². The number of methoxy groups -OCH3 is 1. The predicted molar refractivity (Wildman–Crippen MR) is 62.8 cm³/mol. The van der Waals surface area contributed by atoms with E-state index in [2.05, 4.69) is 4.74 Å². The zero-order valence-electron chi connectivity index (χ0n) is 9.37. The smallest absolute Gasteiger partial charge is 0.318 e. The van der Waals surface area contributed by atoms with E-state index in [-0.39, 0.29) is 10.6 Å². The van der Waals surface area contributed by atoms with Crippen molar-refractivity contribution in [2.24, 2.45) is 0 Å². The van der Waals surface area contributed by atoms with E-state index < -0.39 is 26.6 Å². The van der Waals surface area contributed by atoms with Crippen molar-refractivity contribution in [3.8, 4) is 0 Å². The molecule has 0 radical (unpaired) electrons. The van der Waals surface area contributed by atoms with Crippen LogP contribution in [0.4, 0.5) is 0 Å². The normalized spacial score (nSPS) is 13.1. The van der Waals surface area contributed by atoms with Gasteiger partial charge in [0.15, 0.2) is 9.84 Å². The second-order valence-corrected chi connectivity index (χ2v) is 6.78. The molecule has 0 aliphatic heterocycles. The Morgan fingerprint density at radius 1 is 1.29 bits per heavy atom. The number of hydrogen-bond donors (Lipinski definition) is 0. The Bertz CT molecular complexity index is 530. The minimum absolute atomic E-state index is 0.149. The lowest BCUT2D eigenvalue weighted by molar-refractivity contribution is -0.137. The summed E-state index contributed by atoms with van der Waals surface area (Å²) in [6, 6.07) is 5.57. The highest BCUT2D eigenvalue weighted by Gasteiger charge is 2.12. The second-order valence-electron chi connectivity index (χ2n) is 3.31. The van der Waals surface area contributed by atoms with Crippen LogP contribution in [0.25, 0.3) is 0 Å². The highest BCUT2D eigenvalue weighted by molar-refractivity contribution is 7.90. The molecule has 1 atom stereocenters. The molecular formula is C10H12O5S2. The third-order valence-electron chi connectivity index (χ3n) is 1.99. The van der Waals surface area contributed by atoms with Gasteiger partial charge < -0.3 is 4.74 Å². The number of carbonyl (C=O) groups is 1. The molecular weight excluding hydrogens is 264 g/mol. The number of benzene rings is 1. The molecule has 0 saturated heterocycles. The average Bonchev–Trinajstić information content (AvgIpc) is 2.27. The van der Waals surface area contributed by atoms with Gasteiger partial charge in [0.2, 0.25) is 0 Å². The van der Waals surface area contributed by atoms with Gasteiger partial charge in [-0.25, -0.2) is 8.42 Å². The average molecular weight is 276 g/mol. The SMILES string of the molecule is COC(=O)CS(=O)c1ccc(S(C)(=O)=O)cc1. The summed E-state index contributed by atoms with van der Waals surface area (Å²) in [6.45, 7) is 0. The molecule has 7 heteroatoms. The fraction of sp³-hybridized carbons (Fsp3) is 0.300. The number of sulfone groups is 1. The largest absolute Gasteiger partial charge is 0.468 e. The molecule has 0 spiro atoms. The maximum Gasteiger partial charge on any atom is 0.318 e. The van der Waals surface area contributed by atoms with E-state index in [0.29, 0.717) is 4.90 Å². The van der Waals surface area contributed by atoms with Gasteiger partial charge in [-0.2, -0.15) is 0 Å². The van der Waals surface area contributed by atoms with Gasteiger partial charge in [0.1, 0.15) is 5.75 Å². The van der Waals surface area contributed by atoms with Gasteiger partial charge in [0, 0.05) is 11.2 Å². The molecule has 0 saturated carbocycles. The number of hydrogen-bond acceptors (Lipinski definition) is 5. The van der Waals surface area contributed by atoms with E-state index in [9.17, 15) is 17.4 Å². The summed E-state index contributed by atoms with van der Waals surface area (Å²) in [7, 11) is -3.57. The first-order valence-corrected chi connectivity index (χ1v) is 7.81. The quantitative estimate of drug-likeness (QED) is 0.743. The summed E-state index contributed by atoms with van der Waals surface area (Å²) in [4.78, 5) is 11.5. The van der Waals surface area contributed by atoms with E-state index in [1.165, 1.54) is 31.4 Å². The fourth-order valence-electron chi connectivity index (χ4n) is 1.09. The molecule has 1 aromatic rings. The maximum absolute atomic E-state index is 11.6. The molecule has 0 amide bonds. The molecule has 17 heavy (non-hydrogen) atoms. The summed E-state index contributed by atoms with van der Waals surface area (Å²) in [6.07, 6.45) is 1.09. The van der Waals surface area contributed by atoms with E-state index in [0.717, 1.165) is 6.26 Å². The molecule has 1 rings (SSSR count). The molecule has 1 aromatic carbocycles. The van der Waals surface area contributed by atoms with Crippen LogP contribution < -0.4 is 0 Å². The Morgan fingerprint density at radius 2 is 1.82 bits per heavy atom. The van der Waals surface area contributed by atoms with E-state index in [1.54, 1.807) is 0 Å². The van der Waals surface area contributed by atoms with Crippen LogP contribution in [-0.4, -0.2) is 37.7 Å². The van der Waals surface area contributed by atoms with Crippen molar-refractivity contribution in [2.75, 3.05) is 19.1 Å². The monoisotopic (exact) mass is 276 g/mol.